The fourth-order valence-corrected chi connectivity index (χ4v) is 1.48. The molecular weight excluding hydrogens is 216 g/mol. The number of carbonyl (C=O) groups is 2. The van der Waals surface area contributed by atoms with Crippen molar-refractivity contribution in [3.8, 4) is 0 Å². The number of nitrogens with zero attached hydrogens (tertiary/aromatic N) is 3. The van der Waals surface area contributed by atoms with Gasteiger partial charge in [0, 0.05) is 7.05 Å². The highest BCUT2D eigenvalue weighted by molar-refractivity contribution is 7.98. The van der Waals surface area contributed by atoms with Gasteiger partial charge in [-0.05, 0) is 13.2 Å². The van der Waals surface area contributed by atoms with Crippen LogP contribution in [0.3, 0.4) is 0 Å². The van der Waals surface area contributed by atoms with E-state index in [1.165, 1.54) is 18.7 Å². The molecule has 0 aromatic carbocycles. The minimum absolute atomic E-state index is 0.146. The number of rotatable bonds is 4. The first-order chi connectivity index (χ1) is 7.02. The number of aromatic nitrogens is 3. The largest absolute Gasteiger partial charge is 0.299 e. The van der Waals surface area contributed by atoms with E-state index in [0.29, 0.717) is 5.16 Å². The minimum Gasteiger partial charge on any atom is -0.299 e. The number of thioether (sulfide) groups is 1. The van der Waals surface area contributed by atoms with Crippen molar-refractivity contribution in [1.82, 2.24) is 14.8 Å². The predicted octanol–water partition coefficient (Wildman–Crippen LogP) is 0.455. The second-order valence-corrected chi connectivity index (χ2v) is 3.75. The fraction of sp³-hybridized carbons (Fsp3) is 0.500. The topological polar surface area (TPSA) is 76.9 Å². The molecule has 0 saturated carbocycles. The highest BCUT2D eigenvalue weighted by atomic mass is 32.2. The predicted molar refractivity (Wildman–Crippen MR) is 56.7 cm³/mol. The van der Waals surface area contributed by atoms with Gasteiger partial charge in [-0.3, -0.25) is 14.9 Å². The summed E-state index contributed by atoms with van der Waals surface area (Å²) < 4.78 is 1.56. The van der Waals surface area contributed by atoms with E-state index in [0.717, 1.165) is 0 Å². The van der Waals surface area contributed by atoms with Crippen LogP contribution in [-0.4, -0.2) is 32.7 Å². The van der Waals surface area contributed by atoms with Crippen molar-refractivity contribution in [2.24, 2.45) is 7.05 Å². The summed E-state index contributed by atoms with van der Waals surface area (Å²) in [5.41, 5.74) is 0. The number of hydrogen-bond donors (Lipinski definition) is 1. The van der Waals surface area contributed by atoms with E-state index in [9.17, 15) is 9.59 Å². The average molecular weight is 228 g/mol. The Labute approximate surface area is 91.4 Å². The van der Waals surface area contributed by atoms with Crippen LogP contribution in [0.2, 0.25) is 0 Å². The van der Waals surface area contributed by atoms with Crippen LogP contribution in [0.25, 0.3) is 0 Å². The standard InChI is InChI=1S/C8H12N4O2S/c1-5(13)4-6(14)9-7-10-8(15-3)12(2)11-7/h4H2,1-3H3,(H,9,11,14). The average Bonchev–Trinajstić information content (AvgIpc) is 2.44. The van der Waals surface area contributed by atoms with E-state index < -0.39 is 0 Å². The molecule has 0 unspecified atom stereocenters. The molecule has 1 N–H and O–H groups in total. The molecule has 1 rings (SSSR count). The van der Waals surface area contributed by atoms with Gasteiger partial charge in [-0.15, -0.1) is 5.10 Å². The number of ketones is 1. The monoisotopic (exact) mass is 228 g/mol. The van der Waals surface area contributed by atoms with E-state index in [1.54, 1.807) is 11.7 Å². The maximum Gasteiger partial charge on any atom is 0.249 e. The SMILES string of the molecule is CSc1nc(NC(=O)CC(C)=O)nn1C. The number of aryl methyl sites for hydroxylation is 1. The second kappa shape index (κ2) is 4.92. The number of carbonyl (C=O) groups excluding carboxylic acids is 2. The lowest BCUT2D eigenvalue weighted by Crippen LogP contribution is -2.15. The molecular formula is C8H12N4O2S. The van der Waals surface area contributed by atoms with Crippen molar-refractivity contribution in [1.29, 1.82) is 0 Å². The molecule has 6 nitrogen and oxygen atoms in total. The van der Waals surface area contributed by atoms with Crippen LogP contribution in [0, 0.1) is 0 Å². The van der Waals surface area contributed by atoms with Gasteiger partial charge in [-0.1, -0.05) is 11.8 Å². The number of anilines is 1. The van der Waals surface area contributed by atoms with Crippen LogP contribution >= 0.6 is 11.8 Å². The summed E-state index contributed by atoms with van der Waals surface area (Å²) in [6.45, 7) is 1.36. The van der Waals surface area contributed by atoms with E-state index >= 15 is 0 Å². The Morgan fingerprint density at radius 1 is 1.53 bits per heavy atom. The van der Waals surface area contributed by atoms with Crippen molar-refractivity contribution in [3.63, 3.8) is 0 Å². The van der Waals surface area contributed by atoms with E-state index in [1.807, 2.05) is 6.26 Å². The van der Waals surface area contributed by atoms with Crippen LogP contribution in [0.1, 0.15) is 13.3 Å². The lowest BCUT2D eigenvalue weighted by atomic mass is 10.3. The summed E-state index contributed by atoms with van der Waals surface area (Å²) in [7, 11) is 1.74. The highest BCUT2D eigenvalue weighted by Gasteiger charge is 2.10. The van der Waals surface area contributed by atoms with Crippen LogP contribution < -0.4 is 5.32 Å². The van der Waals surface area contributed by atoms with Crippen LogP contribution in [0.5, 0.6) is 0 Å². The van der Waals surface area contributed by atoms with E-state index in [2.05, 4.69) is 15.4 Å². The zero-order chi connectivity index (χ0) is 11.4. The van der Waals surface area contributed by atoms with Gasteiger partial charge in [0.1, 0.15) is 5.78 Å². The molecule has 15 heavy (non-hydrogen) atoms. The molecule has 0 radical (unpaired) electrons. The zero-order valence-electron chi connectivity index (χ0n) is 8.77. The number of amides is 1. The third-order valence-corrected chi connectivity index (χ3v) is 2.29. The number of Topliss-reactive ketones (excluding diaryl/α,β-unsaturated/α-hetero) is 1. The second-order valence-electron chi connectivity index (χ2n) is 2.97. The van der Waals surface area contributed by atoms with Crippen LogP contribution in [-0.2, 0) is 16.6 Å². The molecule has 1 heterocycles. The molecule has 0 aliphatic carbocycles. The molecule has 0 aliphatic rings. The first kappa shape index (κ1) is 11.7. The Balaban J connectivity index is 2.64. The molecule has 0 saturated heterocycles. The van der Waals surface area contributed by atoms with E-state index in [4.69, 9.17) is 0 Å². The molecule has 0 aliphatic heterocycles. The summed E-state index contributed by atoms with van der Waals surface area (Å²) in [5, 5.41) is 7.12. The third kappa shape index (κ3) is 3.35. The first-order valence-corrected chi connectivity index (χ1v) is 5.49. The van der Waals surface area contributed by atoms with E-state index in [-0.39, 0.29) is 24.1 Å². The first-order valence-electron chi connectivity index (χ1n) is 4.27. The Kier molecular flexibility index (Phi) is 3.84. The molecule has 7 heteroatoms. The fourth-order valence-electron chi connectivity index (χ4n) is 0.996. The Morgan fingerprint density at radius 3 is 2.67 bits per heavy atom. The van der Waals surface area contributed by atoms with Crippen LogP contribution in [0.15, 0.2) is 5.16 Å². The van der Waals surface area contributed by atoms with Gasteiger partial charge < -0.3 is 0 Å². The van der Waals surface area contributed by atoms with Crippen molar-refractivity contribution in [2.45, 2.75) is 18.5 Å². The lowest BCUT2D eigenvalue weighted by Gasteiger charge is -1.96. The Bertz CT molecular complexity index is 388. The van der Waals surface area contributed by atoms with Gasteiger partial charge in [0.15, 0.2) is 5.16 Å². The molecule has 82 valence electrons. The maximum absolute atomic E-state index is 11.2. The van der Waals surface area contributed by atoms with Crippen molar-refractivity contribution in [3.05, 3.63) is 0 Å². The maximum atomic E-state index is 11.2. The van der Waals surface area contributed by atoms with Gasteiger partial charge >= 0.3 is 0 Å². The van der Waals surface area contributed by atoms with Crippen molar-refractivity contribution >= 4 is 29.4 Å². The number of nitrogens with one attached hydrogen (secondary N) is 1. The van der Waals surface area contributed by atoms with Crippen LogP contribution in [0.4, 0.5) is 5.95 Å². The number of hydrogen-bond acceptors (Lipinski definition) is 5. The summed E-state index contributed by atoms with van der Waals surface area (Å²) in [5.74, 6) is -0.345. The molecule has 1 aromatic heterocycles. The van der Waals surface area contributed by atoms with Crippen molar-refractivity contribution in [2.75, 3.05) is 11.6 Å². The zero-order valence-corrected chi connectivity index (χ0v) is 9.59. The summed E-state index contributed by atoms with van der Waals surface area (Å²) in [6.07, 6.45) is 1.72. The smallest absolute Gasteiger partial charge is 0.249 e. The quantitative estimate of drug-likeness (QED) is 0.598. The van der Waals surface area contributed by atoms with Crippen molar-refractivity contribution < 1.29 is 9.59 Å². The molecule has 0 atom stereocenters. The lowest BCUT2D eigenvalue weighted by molar-refractivity contribution is -0.124. The van der Waals surface area contributed by atoms with Gasteiger partial charge in [0.25, 0.3) is 0 Å². The minimum atomic E-state index is -0.388. The van der Waals surface area contributed by atoms with Gasteiger partial charge in [0.05, 0.1) is 6.42 Å². The summed E-state index contributed by atoms with van der Waals surface area (Å²) in [6, 6.07) is 0. The molecule has 1 amide bonds. The van der Waals surface area contributed by atoms with Gasteiger partial charge in [-0.2, -0.15) is 4.98 Å². The normalized spacial score (nSPS) is 10.1. The molecule has 0 spiro atoms. The molecule has 0 fully saturated rings. The highest BCUT2D eigenvalue weighted by Crippen LogP contribution is 2.12. The molecule has 1 aromatic rings. The third-order valence-electron chi connectivity index (χ3n) is 1.57. The Hall–Kier alpha value is -1.37. The van der Waals surface area contributed by atoms with Gasteiger partial charge in [0.2, 0.25) is 11.9 Å². The summed E-state index contributed by atoms with van der Waals surface area (Å²) >= 11 is 1.43. The molecule has 0 bridgehead atoms. The summed E-state index contributed by atoms with van der Waals surface area (Å²) in [4.78, 5) is 25.9. The van der Waals surface area contributed by atoms with Gasteiger partial charge in [-0.25, -0.2) is 4.68 Å². The Morgan fingerprint density at radius 2 is 2.20 bits per heavy atom.